The first-order chi connectivity index (χ1) is 10.5. The molecule has 0 radical (unpaired) electrons. The summed E-state index contributed by atoms with van der Waals surface area (Å²) in [5, 5.41) is 3.30. The Hall–Kier alpha value is -1.94. The maximum Gasteiger partial charge on any atom is 0.270 e. The largest absolute Gasteiger partial charge is 0.273 e. The second-order valence-electron chi connectivity index (χ2n) is 6.66. The van der Waals surface area contributed by atoms with Gasteiger partial charge < -0.3 is 0 Å². The fourth-order valence-corrected chi connectivity index (χ4v) is 3.21. The second kappa shape index (κ2) is 5.69. The van der Waals surface area contributed by atoms with E-state index in [-0.39, 0.29) is 17.4 Å². The molecule has 2 amide bonds. The number of hydrogen-bond donors (Lipinski definition) is 0. The van der Waals surface area contributed by atoms with Crippen molar-refractivity contribution in [1.82, 2.24) is 10.0 Å². The number of carbonyl (C=O) groups is 2. The highest BCUT2D eigenvalue weighted by Gasteiger charge is 2.47. The number of allylic oxidation sites excluding steroid dienone is 1. The SMILES string of the molecule is CC1(C)CC(=O)N(C(=O)C2=CCCC2)N1Cc1ccccc1. The van der Waals surface area contributed by atoms with Gasteiger partial charge in [0.05, 0.1) is 0 Å². The molecule has 1 aromatic rings. The Morgan fingerprint density at radius 1 is 1.23 bits per heavy atom. The lowest BCUT2D eigenvalue weighted by molar-refractivity contribution is -0.158. The van der Waals surface area contributed by atoms with Crippen LogP contribution in [0, 0.1) is 0 Å². The normalized spacial score (nSPS) is 21.3. The molecule has 0 saturated carbocycles. The van der Waals surface area contributed by atoms with Crippen molar-refractivity contribution in [3.8, 4) is 0 Å². The van der Waals surface area contributed by atoms with E-state index >= 15 is 0 Å². The molecule has 2 aliphatic rings. The van der Waals surface area contributed by atoms with Gasteiger partial charge >= 0.3 is 0 Å². The molecule has 1 fully saturated rings. The summed E-state index contributed by atoms with van der Waals surface area (Å²) in [5.74, 6) is -0.234. The predicted molar refractivity (Wildman–Crippen MR) is 84.5 cm³/mol. The molecule has 1 saturated heterocycles. The number of hydrogen-bond acceptors (Lipinski definition) is 3. The summed E-state index contributed by atoms with van der Waals surface area (Å²) in [6.07, 6.45) is 5.07. The van der Waals surface area contributed by atoms with Gasteiger partial charge in [0.25, 0.3) is 5.91 Å². The molecule has 0 bridgehead atoms. The first-order valence-electron chi connectivity index (χ1n) is 7.87. The smallest absolute Gasteiger partial charge is 0.270 e. The van der Waals surface area contributed by atoms with E-state index in [1.807, 2.05) is 55.3 Å². The Bertz CT molecular complexity index is 619. The minimum Gasteiger partial charge on any atom is -0.273 e. The average Bonchev–Trinajstić information content (AvgIpc) is 3.07. The van der Waals surface area contributed by atoms with Crippen LogP contribution in [0.1, 0.15) is 45.1 Å². The van der Waals surface area contributed by atoms with Crippen LogP contribution < -0.4 is 0 Å². The topological polar surface area (TPSA) is 40.6 Å². The van der Waals surface area contributed by atoms with Gasteiger partial charge in [-0.3, -0.25) is 9.59 Å². The lowest BCUT2D eigenvalue weighted by atomic mass is 10.0. The van der Waals surface area contributed by atoms with Crippen LogP contribution >= 0.6 is 0 Å². The number of imide groups is 1. The Morgan fingerprint density at radius 2 is 1.95 bits per heavy atom. The Labute approximate surface area is 131 Å². The summed E-state index contributed by atoms with van der Waals surface area (Å²) in [7, 11) is 0. The van der Waals surface area contributed by atoms with Gasteiger partial charge in [-0.05, 0) is 38.7 Å². The fourth-order valence-electron chi connectivity index (χ4n) is 3.21. The van der Waals surface area contributed by atoms with Gasteiger partial charge in [-0.2, -0.15) is 0 Å². The van der Waals surface area contributed by atoms with Crippen molar-refractivity contribution >= 4 is 11.8 Å². The standard InChI is InChI=1S/C18H22N2O2/c1-18(2)12-16(21)20(17(22)15-10-6-7-11-15)19(18)13-14-8-4-3-5-9-14/h3-5,8-10H,6-7,11-13H2,1-2H3. The van der Waals surface area contributed by atoms with Crippen molar-refractivity contribution in [2.24, 2.45) is 0 Å². The van der Waals surface area contributed by atoms with Crippen LogP contribution in [0.4, 0.5) is 0 Å². The van der Waals surface area contributed by atoms with Gasteiger partial charge in [0.15, 0.2) is 0 Å². The lowest BCUT2D eigenvalue weighted by Gasteiger charge is -2.35. The summed E-state index contributed by atoms with van der Waals surface area (Å²) in [5.41, 5.74) is 1.54. The zero-order chi connectivity index (χ0) is 15.7. The number of rotatable bonds is 3. The fraction of sp³-hybridized carbons (Fsp3) is 0.444. The minimum atomic E-state index is -0.345. The quantitative estimate of drug-likeness (QED) is 0.805. The molecule has 0 spiro atoms. The molecule has 4 heteroatoms. The van der Waals surface area contributed by atoms with Gasteiger partial charge in [0, 0.05) is 24.1 Å². The molecule has 0 aromatic heterocycles. The van der Waals surface area contributed by atoms with E-state index in [0.717, 1.165) is 30.4 Å². The number of carbonyl (C=O) groups excluding carboxylic acids is 2. The van der Waals surface area contributed by atoms with Crippen LogP contribution in [0.2, 0.25) is 0 Å². The predicted octanol–water partition coefficient (Wildman–Crippen LogP) is 3.05. The third-order valence-corrected chi connectivity index (χ3v) is 4.44. The number of nitrogens with zero attached hydrogens (tertiary/aromatic N) is 2. The molecule has 0 N–H and O–H groups in total. The summed E-state index contributed by atoms with van der Waals surface area (Å²) in [6.45, 7) is 4.60. The first kappa shape index (κ1) is 15.0. The van der Waals surface area contributed by atoms with Crippen LogP contribution in [-0.2, 0) is 16.1 Å². The van der Waals surface area contributed by atoms with Crippen LogP contribution in [0.15, 0.2) is 42.0 Å². The van der Waals surface area contributed by atoms with Gasteiger partial charge in [-0.15, -0.1) is 0 Å². The lowest BCUT2D eigenvalue weighted by Crippen LogP contribution is -2.49. The van der Waals surface area contributed by atoms with Crippen molar-refractivity contribution in [1.29, 1.82) is 0 Å². The number of benzene rings is 1. The van der Waals surface area contributed by atoms with Crippen molar-refractivity contribution in [2.75, 3.05) is 0 Å². The maximum absolute atomic E-state index is 12.7. The average molecular weight is 298 g/mol. The van der Waals surface area contributed by atoms with Crippen LogP contribution in [-0.4, -0.2) is 27.4 Å². The molecule has 1 aliphatic heterocycles. The van der Waals surface area contributed by atoms with Crippen molar-refractivity contribution in [3.05, 3.63) is 47.5 Å². The monoisotopic (exact) mass is 298 g/mol. The van der Waals surface area contributed by atoms with E-state index in [4.69, 9.17) is 0 Å². The zero-order valence-corrected chi connectivity index (χ0v) is 13.2. The molecule has 1 aromatic carbocycles. The Morgan fingerprint density at radius 3 is 2.59 bits per heavy atom. The number of amides is 2. The third-order valence-electron chi connectivity index (χ3n) is 4.44. The van der Waals surface area contributed by atoms with Crippen molar-refractivity contribution in [3.63, 3.8) is 0 Å². The van der Waals surface area contributed by atoms with Gasteiger partial charge in [-0.25, -0.2) is 10.0 Å². The molecular formula is C18H22N2O2. The van der Waals surface area contributed by atoms with E-state index in [1.54, 1.807) is 0 Å². The Kier molecular flexibility index (Phi) is 3.87. The highest BCUT2D eigenvalue weighted by atomic mass is 16.2. The molecule has 3 rings (SSSR count). The van der Waals surface area contributed by atoms with E-state index in [0.29, 0.717) is 13.0 Å². The Balaban J connectivity index is 1.88. The summed E-state index contributed by atoms with van der Waals surface area (Å²) < 4.78 is 0. The van der Waals surface area contributed by atoms with Crippen LogP contribution in [0.5, 0.6) is 0 Å². The van der Waals surface area contributed by atoms with Crippen LogP contribution in [0.3, 0.4) is 0 Å². The summed E-state index contributed by atoms with van der Waals surface area (Å²) >= 11 is 0. The maximum atomic E-state index is 12.7. The molecular weight excluding hydrogens is 276 g/mol. The van der Waals surface area contributed by atoms with E-state index in [9.17, 15) is 9.59 Å². The molecule has 0 unspecified atom stereocenters. The van der Waals surface area contributed by atoms with Gasteiger partial charge in [-0.1, -0.05) is 36.4 Å². The second-order valence-corrected chi connectivity index (χ2v) is 6.66. The number of hydrazine groups is 1. The van der Waals surface area contributed by atoms with E-state index < -0.39 is 0 Å². The van der Waals surface area contributed by atoms with E-state index in [2.05, 4.69) is 0 Å². The van der Waals surface area contributed by atoms with Crippen molar-refractivity contribution in [2.45, 2.75) is 51.6 Å². The highest BCUT2D eigenvalue weighted by molar-refractivity contribution is 6.05. The molecule has 0 atom stereocenters. The van der Waals surface area contributed by atoms with E-state index in [1.165, 1.54) is 5.01 Å². The minimum absolute atomic E-state index is 0.0984. The van der Waals surface area contributed by atoms with Gasteiger partial charge in [0.2, 0.25) is 5.91 Å². The summed E-state index contributed by atoms with van der Waals surface area (Å²) in [6, 6.07) is 9.97. The molecule has 116 valence electrons. The third kappa shape index (κ3) is 2.71. The van der Waals surface area contributed by atoms with Gasteiger partial charge in [0.1, 0.15) is 0 Å². The molecule has 1 aliphatic carbocycles. The zero-order valence-electron chi connectivity index (χ0n) is 13.2. The van der Waals surface area contributed by atoms with Crippen molar-refractivity contribution < 1.29 is 9.59 Å². The first-order valence-corrected chi connectivity index (χ1v) is 7.87. The summed E-state index contributed by atoms with van der Waals surface area (Å²) in [4.78, 5) is 25.2. The molecule has 22 heavy (non-hydrogen) atoms. The molecule has 4 nitrogen and oxygen atoms in total. The van der Waals surface area contributed by atoms with Crippen LogP contribution in [0.25, 0.3) is 0 Å². The molecule has 1 heterocycles. The highest BCUT2D eigenvalue weighted by Crippen LogP contribution is 2.34.